The third kappa shape index (κ3) is 2.19. The van der Waals surface area contributed by atoms with E-state index in [1.165, 1.54) is 11.8 Å². The molecule has 0 N–H and O–H groups in total. The zero-order valence-electron chi connectivity index (χ0n) is 10.4. The SMILES string of the molecule is CCOC(=O)c1cccc2c1Sc1ccccc1O2. The Morgan fingerprint density at radius 1 is 1.16 bits per heavy atom. The molecular weight excluding hydrogens is 260 g/mol. The highest BCUT2D eigenvalue weighted by Gasteiger charge is 2.23. The number of carbonyl (C=O) groups is 1. The maximum absolute atomic E-state index is 11.9. The van der Waals surface area contributed by atoms with E-state index in [4.69, 9.17) is 9.47 Å². The molecule has 0 spiro atoms. The van der Waals surface area contributed by atoms with Crippen LogP contribution in [0.3, 0.4) is 0 Å². The second-order valence-corrected chi connectivity index (χ2v) is 5.06. The first-order valence-corrected chi connectivity index (χ1v) is 6.86. The van der Waals surface area contributed by atoms with E-state index in [9.17, 15) is 4.79 Å². The lowest BCUT2D eigenvalue weighted by molar-refractivity contribution is 0.0521. The first-order valence-electron chi connectivity index (χ1n) is 6.04. The van der Waals surface area contributed by atoms with E-state index in [0.29, 0.717) is 17.9 Å². The van der Waals surface area contributed by atoms with Gasteiger partial charge in [-0.3, -0.25) is 0 Å². The molecule has 0 bridgehead atoms. The van der Waals surface area contributed by atoms with Crippen LogP contribution >= 0.6 is 11.8 Å². The van der Waals surface area contributed by atoms with Gasteiger partial charge in [0.2, 0.25) is 0 Å². The number of carbonyl (C=O) groups excluding carboxylic acids is 1. The Kier molecular flexibility index (Phi) is 3.17. The molecule has 0 unspecified atom stereocenters. The lowest BCUT2D eigenvalue weighted by atomic mass is 10.2. The van der Waals surface area contributed by atoms with Crippen LogP contribution in [0.5, 0.6) is 11.5 Å². The van der Waals surface area contributed by atoms with Crippen LogP contribution in [0.25, 0.3) is 0 Å². The van der Waals surface area contributed by atoms with Crippen LogP contribution in [0.15, 0.2) is 52.3 Å². The number of ether oxygens (including phenoxy) is 2. The van der Waals surface area contributed by atoms with Crippen LogP contribution in [-0.4, -0.2) is 12.6 Å². The van der Waals surface area contributed by atoms with Gasteiger partial charge in [0, 0.05) is 0 Å². The molecule has 1 aliphatic heterocycles. The van der Waals surface area contributed by atoms with Crippen LogP contribution in [0.1, 0.15) is 17.3 Å². The molecule has 0 fully saturated rings. The molecule has 3 nitrogen and oxygen atoms in total. The summed E-state index contributed by atoms with van der Waals surface area (Å²) in [5.74, 6) is 1.21. The average molecular weight is 272 g/mol. The van der Waals surface area contributed by atoms with E-state index in [-0.39, 0.29) is 5.97 Å². The van der Waals surface area contributed by atoms with E-state index in [0.717, 1.165) is 15.5 Å². The molecule has 0 aromatic heterocycles. The largest absolute Gasteiger partial charge is 0.462 e. The summed E-state index contributed by atoms with van der Waals surface area (Å²) in [4.78, 5) is 13.8. The summed E-state index contributed by atoms with van der Waals surface area (Å²) in [6.45, 7) is 2.16. The van der Waals surface area contributed by atoms with E-state index in [1.807, 2.05) is 30.3 Å². The van der Waals surface area contributed by atoms with Crippen molar-refractivity contribution >= 4 is 17.7 Å². The number of fused-ring (bicyclic) bond motifs is 2. The van der Waals surface area contributed by atoms with E-state index in [2.05, 4.69) is 0 Å². The Balaban J connectivity index is 2.03. The van der Waals surface area contributed by atoms with Crippen molar-refractivity contribution in [3.63, 3.8) is 0 Å². The van der Waals surface area contributed by atoms with E-state index >= 15 is 0 Å². The van der Waals surface area contributed by atoms with Crippen molar-refractivity contribution in [1.29, 1.82) is 0 Å². The number of rotatable bonds is 2. The van der Waals surface area contributed by atoms with Crippen molar-refractivity contribution in [3.8, 4) is 11.5 Å². The minimum absolute atomic E-state index is 0.310. The molecule has 0 amide bonds. The van der Waals surface area contributed by atoms with Gasteiger partial charge in [-0.15, -0.1) is 0 Å². The summed E-state index contributed by atoms with van der Waals surface area (Å²) < 4.78 is 10.9. The summed E-state index contributed by atoms with van der Waals surface area (Å²) in [5.41, 5.74) is 0.554. The summed E-state index contributed by atoms with van der Waals surface area (Å²) >= 11 is 1.54. The van der Waals surface area contributed by atoms with Gasteiger partial charge in [-0.25, -0.2) is 4.79 Å². The van der Waals surface area contributed by atoms with Crippen LogP contribution < -0.4 is 4.74 Å². The minimum Gasteiger partial charge on any atom is -0.462 e. The third-order valence-corrected chi connectivity index (χ3v) is 3.94. The number of esters is 1. The molecule has 2 aromatic rings. The van der Waals surface area contributed by atoms with Gasteiger partial charge < -0.3 is 9.47 Å². The zero-order valence-corrected chi connectivity index (χ0v) is 11.2. The first-order chi connectivity index (χ1) is 9.29. The van der Waals surface area contributed by atoms with Gasteiger partial charge in [0.05, 0.1) is 22.0 Å². The highest BCUT2D eigenvalue weighted by Crippen LogP contribution is 2.48. The monoisotopic (exact) mass is 272 g/mol. The van der Waals surface area contributed by atoms with Crippen LogP contribution in [0.4, 0.5) is 0 Å². The summed E-state index contributed by atoms with van der Waals surface area (Å²) in [6, 6.07) is 13.2. The van der Waals surface area contributed by atoms with Gasteiger partial charge in [0.1, 0.15) is 11.5 Å². The van der Waals surface area contributed by atoms with Gasteiger partial charge in [-0.1, -0.05) is 30.0 Å². The molecule has 3 rings (SSSR count). The molecule has 0 saturated heterocycles. The Hall–Kier alpha value is -1.94. The van der Waals surface area contributed by atoms with Crippen molar-refractivity contribution in [2.75, 3.05) is 6.61 Å². The second kappa shape index (κ2) is 4.97. The standard InChI is InChI=1S/C15H12O3S/c1-2-17-15(16)10-6-5-8-12-14(10)19-13-9-4-3-7-11(13)18-12/h3-9H,2H2,1H3. The first kappa shape index (κ1) is 12.1. The van der Waals surface area contributed by atoms with Gasteiger partial charge in [-0.2, -0.15) is 0 Å². The summed E-state index contributed by atoms with van der Waals surface area (Å²) in [6.07, 6.45) is 0. The molecule has 2 aromatic carbocycles. The molecule has 1 aliphatic rings. The van der Waals surface area contributed by atoms with Crippen molar-refractivity contribution in [2.24, 2.45) is 0 Å². The van der Waals surface area contributed by atoms with Crippen LogP contribution in [0, 0.1) is 0 Å². The molecule has 19 heavy (non-hydrogen) atoms. The predicted octanol–water partition coefficient (Wildman–Crippen LogP) is 4.12. The molecule has 0 saturated carbocycles. The summed E-state index contributed by atoms with van der Waals surface area (Å²) in [7, 11) is 0. The fourth-order valence-corrected chi connectivity index (χ4v) is 2.97. The fraction of sp³-hybridized carbons (Fsp3) is 0.133. The van der Waals surface area contributed by atoms with E-state index in [1.54, 1.807) is 19.1 Å². The highest BCUT2D eigenvalue weighted by molar-refractivity contribution is 7.99. The summed E-state index contributed by atoms with van der Waals surface area (Å²) in [5, 5.41) is 0. The average Bonchev–Trinajstić information content (AvgIpc) is 2.44. The Morgan fingerprint density at radius 2 is 1.95 bits per heavy atom. The number of benzene rings is 2. The molecule has 0 radical (unpaired) electrons. The van der Waals surface area contributed by atoms with Crippen molar-refractivity contribution < 1.29 is 14.3 Å². The Bertz CT molecular complexity index is 637. The van der Waals surface area contributed by atoms with Crippen molar-refractivity contribution in [3.05, 3.63) is 48.0 Å². The maximum atomic E-state index is 11.9. The maximum Gasteiger partial charge on any atom is 0.339 e. The Labute approximate surface area is 115 Å². The molecule has 0 aliphatic carbocycles. The molecule has 0 atom stereocenters. The van der Waals surface area contributed by atoms with Crippen molar-refractivity contribution in [2.45, 2.75) is 16.7 Å². The third-order valence-electron chi connectivity index (χ3n) is 2.76. The van der Waals surface area contributed by atoms with Gasteiger partial charge in [0.15, 0.2) is 0 Å². The second-order valence-electron chi connectivity index (χ2n) is 4.00. The van der Waals surface area contributed by atoms with Gasteiger partial charge >= 0.3 is 5.97 Å². The number of hydrogen-bond donors (Lipinski definition) is 0. The predicted molar refractivity (Wildman–Crippen MR) is 73.0 cm³/mol. The van der Waals surface area contributed by atoms with Gasteiger partial charge in [-0.05, 0) is 31.2 Å². The minimum atomic E-state index is -0.310. The van der Waals surface area contributed by atoms with Gasteiger partial charge in [0.25, 0.3) is 0 Å². The molecule has 96 valence electrons. The lowest BCUT2D eigenvalue weighted by Crippen LogP contribution is -2.08. The van der Waals surface area contributed by atoms with E-state index < -0.39 is 0 Å². The molecule has 4 heteroatoms. The smallest absolute Gasteiger partial charge is 0.339 e. The quantitative estimate of drug-likeness (QED) is 0.657. The van der Waals surface area contributed by atoms with Crippen molar-refractivity contribution in [1.82, 2.24) is 0 Å². The van der Waals surface area contributed by atoms with Crippen LogP contribution in [0.2, 0.25) is 0 Å². The number of hydrogen-bond acceptors (Lipinski definition) is 4. The molecular formula is C15H12O3S. The fourth-order valence-electron chi connectivity index (χ4n) is 1.92. The normalized spacial score (nSPS) is 12.1. The number of para-hydroxylation sites is 1. The molecule has 1 heterocycles. The Morgan fingerprint density at radius 3 is 2.79 bits per heavy atom. The lowest BCUT2D eigenvalue weighted by Gasteiger charge is -2.20. The zero-order chi connectivity index (χ0) is 13.2. The highest BCUT2D eigenvalue weighted by atomic mass is 32.2. The topological polar surface area (TPSA) is 35.5 Å². The van der Waals surface area contributed by atoms with Crippen LogP contribution in [-0.2, 0) is 4.74 Å².